The van der Waals surface area contributed by atoms with Crippen LogP contribution >= 0.6 is 0 Å². The molecule has 3 nitrogen and oxygen atoms in total. The quantitative estimate of drug-likeness (QED) is 0.844. The van der Waals surface area contributed by atoms with Crippen molar-refractivity contribution in [1.82, 2.24) is 0 Å². The highest BCUT2D eigenvalue weighted by atomic mass is 16.5. The van der Waals surface area contributed by atoms with Crippen LogP contribution in [0.5, 0.6) is 0 Å². The van der Waals surface area contributed by atoms with E-state index in [0.29, 0.717) is 5.92 Å². The first-order valence-corrected chi connectivity index (χ1v) is 8.45. The van der Waals surface area contributed by atoms with Gasteiger partial charge in [0.15, 0.2) is 0 Å². The lowest BCUT2D eigenvalue weighted by molar-refractivity contribution is -0.156. The molecule has 3 rings (SSSR count). The van der Waals surface area contributed by atoms with Crippen molar-refractivity contribution in [2.45, 2.75) is 89.3 Å². The van der Waals surface area contributed by atoms with Gasteiger partial charge in [-0.2, -0.15) is 0 Å². The van der Waals surface area contributed by atoms with Crippen LogP contribution in [-0.2, 0) is 9.53 Å². The molecule has 0 aromatic rings. The lowest BCUT2D eigenvalue weighted by atomic mass is 9.67. The maximum atomic E-state index is 11.9. The van der Waals surface area contributed by atoms with Gasteiger partial charge in [-0.1, -0.05) is 32.6 Å². The second-order valence-corrected chi connectivity index (χ2v) is 7.66. The highest BCUT2D eigenvalue weighted by molar-refractivity contribution is 5.74. The Hall–Kier alpha value is -0.570. The largest absolute Gasteiger partial charge is 0.481 e. The van der Waals surface area contributed by atoms with Gasteiger partial charge in [-0.3, -0.25) is 4.79 Å². The predicted octanol–water partition coefficient (Wildman–Crippen LogP) is 4.15. The van der Waals surface area contributed by atoms with Gasteiger partial charge in [0.2, 0.25) is 0 Å². The molecule has 1 saturated heterocycles. The Bertz CT molecular complexity index is 372. The minimum atomic E-state index is -0.583. The molecule has 0 aromatic carbocycles. The normalized spacial score (nSPS) is 40.2. The average molecular weight is 280 g/mol. The summed E-state index contributed by atoms with van der Waals surface area (Å²) in [7, 11) is 0. The maximum absolute atomic E-state index is 11.9. The number of hydrogen-bond acceptors (Lipinski definition) is 2. The number of carboxylic acids is 1. The fraction of sp³-hybridized carbons (Fsp3) is 0.941. The van der Waals surface area contributed by atoms with Crippen LogP contribution in [0.15, 0.2) is 0 Å². The van der Waals surface area contributed by atoms with Crippen LogP contribution in [-0.4, -0.2) is 22.8 Å². The smallest absolute Gasteiger partial charge is 0.309 e. The lowest BCUT2D eigenvalue weighted by Crippen LogP contribution is -2.39. The summed E-state index contributed by atoms with van der Waals surface area (Å²) in [6.07, 6.45) is 12.1. The predicted molar refractivity (Wildman–Crippen MR) is 77.6 cm³/mol. The van der Waals surface area contributed by atoms with E-state index in [1.54, 1.807) is 0 Å². The summed E-state index contributed by atoms with van der Waals surface area (Å²) >= 11 is 0. The van der Waals surface area contributed by atoms with Gasteiger partial charge in [-0.25, -0.2) is 0 Å². The molecule has 2 saturated carbocycles. The fourth-order valence-electron chi connectivity index (χ4n) is 4.99. The van der Waals surface area contributed by atoms with Crippen LogP contribution in [0.3, 0.4) is 0 Å². The summed E-state index contributed by atoms with van der Waals surface area (Å²) in [5, 5.41) is 9.77. The second-order valence-electron chi connectivity index (χ2n) is 7.66. The molecule has 3 atom stereocenters. The first-order chi connectivity index (χ1) is 9.54. The highest BCUT2D eigenvalue weighted by Gasteiger charge is 2.48. The molecule has 1 spiro atoms. The van der Waals surface area contributed by atoms with E-state index in [0.717, 1.165) is 38.5 Å². The Morgan fingerprint density at radius 1 is 1.15 bits per heavy atom. The van der Waals surface area contributed by atoms with E-state index < -0.39 is 11.4 Å². The van der Waals surface area contributed by atoms with Crippen molar-refractivity contribution in [2.24, 2.45) is 11.3 Å². The number of rotatable bonds is 3. The number of aliphatic carboxylic acids is 1. The summed E-state index contributed by atoms with van der Waals surface area (Å²) in [5.74, 6) is -0.0401. The van der Waals surface area contributed by atoms with Crippen molar-refractivity contribution >= 4 is 5.97 Å². The first-order valence-electron chi connectivity index (χ1n) is 8.45. The number of ether oxygens (including phenoxy) is 1. The molecule has 0 amide bonds. The van der Waals surface area contributed by atoms with E-state index in [2.05, 4.69) is 6.92 Å². The van der Waals surface area contributed by atoms with Gasteiger partial charge >= 0.3 is 5.97 Å². The molecule has 114 valence electrons. The standard InChI is InChI=1S/C17H28O3/c1-13-5-4-7-16(11-13,15(18)19)12-14-6-10-17(20-14)8-2-3-9-17/h13-14H,2-12H2,1H3,(H,18,19). The molecular formula is C17H28O3. The molecule has 3 fully saturated rings. The molecule has 0 bridgehead atoms. The monoisotopic (exact) mass is 280 g/mol. The first kappa shape index (κ1) is 14.4. The minimum Gasteiger partial charge on any atom is -0.481 e. The SMILES string of the molecule is CC1CCCC(CC2CCC3(CCCC3)O2)(C(=O)O)C1. The molecule has 2 aliphatic carbocycles. The lowest BCUT2D eigenvalue weighted by Gasteiger charge is -2.38. The van der Waals surface area contributed by atoms with E-state index >= 15 is 0 Å². The van der Waals surface area contributed by atoms with Crippen LogP contribution in [0.1, 0.15) is 77.6 Å². The van der Waals surface area contributed by atoms with E-state index in [-0.39, 0.29) is 11.7 Å². The van der Waals surface area contributed by atoms with Crippen LogP contribution in [0.4, 0.5) is 0 Å². The summed E-state index contributed by atoms with van der Waals surface area (Å²) < 4.78 is 6.36. The van der Waals surface area contributed by atoms with Crippen molar-refractivity contribution in [3.8, 4) is 0 Å². The zero-order chi connectivity index (χ0) is 14.2. The minimum absolute atomic E-state index is 0.130. The average Bonchev–Trinajstić information content (AvgIpc) is 3.00. The zero-order valence-electron chi connectivity index (χ0n) is 12.7. The Labute approximate surface area is 122 Å². The Morgan fingerprint density at radius 3 is 2.55 bits per heavy atom. The van der Waals surface area contributed by atoms with Crippen molar-refractivity contribution in [3.05, 3.63) is 0 Å². The molecule has 3 unspecified atom stereocenters. The van der Waals surface area contributed by atoms with Crippen molar-refractivity contribution in [2.75, 3.05) is 0 Å². The molecule has 1 N–H and O–H groups in total. The number of carboxylic acid groups (broad SMARTS) is 1. The topological polar surface area (TPSA) is 46.5 Å². The van der Waals surface area contributed by atoms with Gasteiger partial charge in [0.1, 0.15) is 0 Å². The Kier molecular flexibility index (Phi) is 3.83. The van der Waals surface area contributed by atoms with Gasteiger partial charge in [0.05, 0.1) is 17.1 Å². The van der Waals surface area contributed by atoms with Gasteiger partial charge < -0.3 is 9.84 Å². The van der Waals surface area contributed by atoms with E-state index in [4.69, 9.17) is 4.74 Å². The molecule has 3 aliphatic rings. The van der Waals surface area contributed by atoms with Gasteiger partial charge in [0.25, 0.3) is 0 Å². The van der Waals surface area contributed by atoms with E-state index in [1.165, 1.54) is 32.1 Å². The summed E-state index contributed by atoms with van der Waals surface area (Å²) in [6, 6.07) is 0. The third-order valence-corrected chi connectivity index (χ3v) is 6.02. The Morgan fingerprint density at radius 2 is 1.90 bits per heavy atom. The van der Waals surface area contributed by atoms with Crippen molar-refractivity contribution < 1.29 is 14.6 Å². The molecule has 1 aliphatic heterocycles. The van der Waals surface area contributed by atoms with E-state index in [1.807, 2.05) is 0 Å². The number of carbonyl (C=O) groups is 1. The molecule has 20 heavy (non-hydrogen) atoms. The van der Waals surface area contributed by atoms with Crippen LogP contribution in [0.25, 0.3) is 0 Å². The third kappa shape index (κ3) is 2.61. The number of hydrogen-bond donors (Lipinski definition) is 1. The molecule has 3 heteroatoms. The maximum Gasteiger partial charge on any atom is 0.309 e. The highest BCUT2D eigenvalue weighted by Crippen LogP contribution is 2.49. The van der Waals surface area contributed by atoms with Crippen molar-refractivity contribution in [1.29, 1.82) is 0 Å². The Balaban J connectivity index is 1.67. The summed E-state index contributed by atoms with van der Waals surface area (Å²) in [5.41, 5.74) is -0.378. The van der Waals surface area contributed by atoms with Gasteiger partial charge in [0, 0.05) is 0 Å². The summed E-state index contributed by atoms with van der Waals surface area (Å²) in [4.78, 5) is 11.9. The molecule has 1 heterocycles. The zero-order valence-corrected chi connectivity index (χ0v) is 12.7. The molecule has 0 radical (unpaired) electrons. The van der Waals surface area contributed by atoms with E-state index in [9.17, 15) is 9.90 Å². The molecule has 0 aromatic heterocycles. The van der Waals surface area contributed by atoms with Crippen LogP contribution in [0, 0.1) is 11.3 Å². The van der Waals surface area contributed by atoms with Crippen LogP contribution < -0.4 is 0 Å². The third-order valence-electron chi connectivity index (χ3n) is 6.02. The van der Waals surface area contributed by atoms with Crippen LogP contribution in [0.2, 0.25) is 0 Å². The fourth-order valence-corrected chi connectivity index (χ4v) is 4.99. The molecular weight excluding hydrogens is 252 g/mol. The van der Waals surface area contributed by atoms with Gasteiger partial charge in [-0.05, 0) is 50.9 Å². The van der Waals surface area contributed by atoms with Crippen molar-refractivity contribution in [3.63, 3.8) is 0 Å². The van der Waals surface area contributed by atoms with Gasteiger partial charge in [-0.15, -0.1) is 0 Å². The summed E-state index contributed by atoms with van der Waals surface area (Å²) in [6.45, 7) is 2.20. The second kappa shape index (κ2) is 5.32.